The second-order valence-electron chi connectivity index (χ2n) is 6.95. The lowest BCUT2D eigenvalue weighted by molar-refractivity contribution is -0.137. The summed E-state index contributed by atoms with van der Waals surface area (Å²) in [5.74, 6) is -0.870. The smallest absolute Gasteiger partial charge is 0.317 e. The largest absolute Gasteiger partial charge is 0.481 e. The van der Waals surface area contributed by atoms with E-state index < -0.39 is 12.0 Å². The number of nitrogens with one attached hydrogen (secondary N) is 2. The SMILES string of the molecule is O=C(O)CC(NC(=O)N1CCC2(CC1)CNC(=O)C2)c1ccccc1. The minimum Gasteiger partial charge on any atom is -0.481 e. The van der Waals surface area contributed by atoms with E-state index in [4.69, 9.17) is 5.11 Å². The third-order valence-electron chi connectivity index (χ3n) is 5.19. The summed E-state index contributed by atoms with van der Waals surface area (Å²) in [6.45, 7) is 1.84. The van der Waals surface area contributed by atoms with Gasteiger partial charge in [-0.05, 0) is 23.8 Å². The van der Waals surface area contributed by atoms with Crippen LogP contribution in [0.5, 0.6) is 0 Å². The summed E-state index contributed by atoms with van der Waals surface area (Å²) in [5.41, 5.74) is 0.755. The quantitative estimate of drug-likeness (QED) is 0.770. The summed E-state index contributed by atoms with van der Waals surface area (Å²) in [6.07, 6.45) is 1.95. The lowest BCUT2D eigenvalue weighted by Gasteiger charge is -2.38. The van der Waals surface area contributed by atoms with Gasteiger partial charge in [0.05, 0.1) is 12.5 Å². The molecular formula is C18H23N3O4. The predicted molar refractivity (Wildman–Crippen MR) is 90.8 cm³/mol. The van der Waals surface area contributed by atoms with Crippen molar-refractivity contribution < 1.29 is 19.5 Å². The summed E-state index contributed by atoms with van der Waals surface area (Å²) in [4.78, 5) is 36.9. The Kier molecular flexibility index (Phi) is 4.92. The van der Waals surface area contributed by atoms with Crippen LogP contribution in [0.25, 0.3) is 0 Å². The predicted octanol–water partition coefficient (Wildman–Crippen LogP) is 1.51. The van der Waals surface area contributed by atoms with E-state index in [1.54, 1.807) is 4.90 Å². The number of piperidine rings is 1. The molecule has 1 unspecified atom stereocenters. The van der Waals surface area contributed by atoms with Gasteiger partial charge in [0.2, 0.25) is 5.91 Å². The van der Waals surface area contributed by atoms with E-state index >= 15 is 0 Å². The number of amides is 3. The second-order valence-corrected chi connectivity index (χ2v) is 6.95. The summed E-state index contributed by atoms with van der Waals surface area (Å²) < 4.78 is 0. The van der Waals surface area contributed by atoms with Gasteiger partial charge in [-0.15, -0.1) is 0 Å². The van der Waals surface area contributed by atoms with Gasteiger partial charge < -0.3 is 20.6 Å². The molecule has 3 N–H and O–H groups in total. The molecule has 7 heteroatoms. The number of hydrogen-bond donors (Lipinski definition) is 3. The number of carbonyl (C=O) groups excluding carboxylic acids is 2. The highest BCUT2D eigenvalue weighted by atomic mass is 16.4. The maximum atomic E-state index is 12.6. The van der Waals surface area contributed by atoms with E-state index in [-0.39, 0.29) is 23.8 Å². The molecule has 2 saturated heterocycles. The molecule has 0 bridgehead atoms. The topological polar surface area (TPSA) is 98.7 Å². The van der Waals surface area contributed by atoms with E-state index in [2.05, 4.69) is 10.6 Å². The number of aliphatic carboxylic acids is 1. The van der Waals surface area contributed by atoms with Gasteiger partial charge in [0.15, 0.2) is 0 Å². The maximum absolute atomic E-state index is 12.6. The fourth-order valence-corrected chi connectivity index (χ4v) is 3.64. The average molecular weight is 345 g/mol. The molecule has 3 rings (SSSR count). The molecule has 2 aliphatic rings. The molecule has 134 valence electrons. The van der Waals surface area contributed by atoms with Crippen LogP contribution in [0.15, 0.2) is 30.3 Å². The van der Waals surface area contributed by atoms with E-state index in [1.165, 1.54) is 0 Å². The number of hydrogen-bond acceptors (Lipinski definition) is 3. The Hall–Kier alpha value is -2.57. The van der Waals surface area contributed by atoms with Gasteiger partial charge in [-0.2, -0.15) is 0 Å². The number of urea groups is 1. The number of rotatable bonds is 4. The van der Waals surface area contributed by atoms with E-state index in [0.29, 0.717) is 26.1 Å². The van der Waals surface area contributed by atoms with E-state index in [1.807, 2.05) is 30.3 Å². The first-order valence-electron chi connectivity index (χ1n) is 8.56. The highest BCUT2D eigenvalue weighted by Gasteiger charge is 2.41. The molecule has 25 heavy (non-hydrogen) atoms. The van der Waals surface area contributed by atoms with Crippen molar-refractivity contribution in [2.75, 3.05) is 19.6 Å². The molecule has 1 aromatic carbocycles. The number of carboxylic acids is 1. The molecule has 0 aromatic heterocycles. The zero-order chi connectivity index (χ0) is 17.9. The third kappa shape index (κ3) is 4.10. The number of carboxylic acid groups (broad SMARTS) is 1. The van der Waals surface area contributed by atoms with Crippen LogP contribution in [-0.4, -0.2) is 47.5 Å². The van der Waals surface area contributed by atoms with Gasteiger partial charge in [0.1, 0.15) is 0 Å². The van der Waals surface area contributed by atoms with Crippen LogP contribution in [0.1, 0.15) is 37.3 Å². The Morgan fingerprint density at radius 3 is 2.48 bits per heavy atom. The van der Waals surface area contributed by atoms with Crippen molar-refractivity contribution in [2.45, 2.75) is 31.7 Å². The van der Waals surface area contributed by atoms with Gasteiger partial charge in [-0.3, -0.25) is 9.59 Å². The number of likely N-dealkylation sites (tertiary alicyclic amines) is 1. The van der Waals surface area contributed by atoms with Gasteiger partial charge in [0.25, 0.3) is 0 Å². The zero-order valence-corrected chi connectivity index (χ0v) is 14.0. The molecule has 1 aromatic rings. The monoisotopic (exact) mass is 345 g/mol. The average Bonchev–Trinajstić information content (AvgIpc) is 2.95. The minimum atomic E-state index is -0.956. The molecule has 2 aliphatic heterocycles. The Balaban J connectivity index is 1.60. The van der Waals surface area contributed by atoms with Crippen molar-refractivity contribution in [1.82, 2.24) is 15.5 Å². The molecule has 7 nitrogen and oxygen atoms in total. The van der Waals surface area contributed by atoms with Crippen molar-refractivity contribution in [3.8, 4) is 0 Å². The van der Waals surface area contributed by atoms with Crippen molar-refractivity contribution >= 4 is 17.9 Å². The van der Waals surface area contributed by atoms with Crippen LogP contribution < -0.4 is 10.6 Å². The van der Waals surface area contributed by atoms with Gasteiger partial charge >= 0.3 is 12.0 Å². The summed E-state index contributed by atoms with van der Waals surface area (Å²) in [5, 5.41) is 14.9. The zero-order valence-electron chi connectivity index (χ0n) is 14.0. The van der Waals surface area contributed by atoms with Crippen LogP contribution in [0.3, 0.4) is 0 Å². The van der Waals surface area contributed by atoms with Gasteiger partial charge in [-0.25, -0.2) is 4.79 Å². The van der Waals surface area contributed by atoms with E-state index in [0.717, 1.165) is 18.4 Å². The number of carbonyl (C=O) groups is 3. The molecule has 1 spiro atoms. The second kappa shape index (κ2) is 7.13. The van der Waals surface area contributed by atoms with Crippen molar-refractivity contribution in [3.05, 3.63) is 35.9 Å². The Labute approximate surface area is 146 Å². The van der Waals surface area contributed by atoms with E-state index in [9.17, 15) is 14.4 Å². The van der Waals surface area contributed by atoms with Crippen LogP contribution in [0.4, 0.5) is 4.79 Å². The fourth-order valence-electron chi connectivity index (χ4n) is 3.64. The summed E-state index contributed by atoms with van der Waals surface area (Å²) in [7, 11) is 0. The molecule has 2 heterocycles. The fraction of sp³-hybridized carbons (Fsp3) is 0.500. The summed E-state index contributed by atoms with van der Waals surface area (Å²) >= 11 is 0. The van der Waals surface area contributed by atoms with Crippen LogP contribution in [-0.2, 0) is 9.59 Å². The Bertz CT molecular complexity index is 654. The molecule has 0 aliphatic carbocycles. The molecule has 3 amide bonds. The van der Waals surface area contributed by atoms with Crippen molar-refractivity contribution in [1.29, 1.82) is 0 Å². The molecular weight excluding hydrogens is 322 g/mol. The highest BCUT2D eigenvalue weighted by Crippen LogP contribution is 2.37. The van der Waals surface area contributed by atoms with Crippen LogP contribution in [0.2, 0.25) is 0 Å². The highest BCUT2D eigenvalue weighted by molar-refractivity contribution is 5.79. The number of benzene rings is 1. The maximum Gasteiger partial charge on any atom is 0.317 e. The number of nitrogens with zero attached hydrogens (tertiary/aromatic N) is 1. The van der Waals surface area contributed by atoms with Gasteiger partial charge in [0, 0.05) is 26.1 Å². The Morgan fingerprint density at radius 1 is 1.24 bits per heavy atom. The molecule has 0 radical (unpaired) electrons. The first kappa shape index (κ1) is 17.3. The van der Waals surface area contributed by atoms with Crippen molar-refractivity contribution in [2.24, 2.45) is 5.41 Å². The molecule has 1 atom stereocenters. The lowest BCUT2D eigenvalue weighted by Crippen LogP contribution is -2.48. The Morgan fingerprint density at radius 2 is 1.92 bits per heavy atom. The standard InChI is InChI=1S/C18H23N3O4/c22-15-11-18(12-19-15)6-8-21(9-7-18)17(25)20-14(10-16(23)24)13-4-2-1-3-5-13/h1-5,14H,6-12H2,(H,19,22)(H,20,25)(H,23,24). The van der Waals surface area contributed by atoms with Crippen LogP contribution >= 0.6 is 0 Å². The molecule has 2 fully saturated rings. The summed E-state index contributed by atoms with van der Waals surface area (Å²) in [6, 6.07) is 8.32. The lowest BCUT2D eigenvalue weighted by atomic mass is 9.78. The molecule has 0 saturated carbocycles. The van der Waals surface area contributed by atoms with Gasteiger partial charge in [-0.1, -0.05) is 30.3 Å². The minimum absolute atomic E-state index is 0.0201. The first-order valence-corrected chi connectivity index (χ1v) is 8.56. The van der Waals surface area contributed by atoms with Crippen LogP contribution in [0, 0.1) is 5.41 Å². The normalized spacial score (nSPS) is 20.2. The first-order chi connectivity index (χ1) is 12.0. The van der Waals surface area contributed by atoms with Crippen molar-refractivity contribution in [3.63, 3.8) is 0 Å². The third-order valence-corrected chi connectivity index (χ3v) is 5.19.